The number of amides is 1. The van der Waals surface area contributed by atoms with E-state index in [-0.39, 0.29) is 10.8 Å². The Morgan fingerprint density at radius 2 is 1.29 bits per heavy atom. The standard InChI is InChI=1S/C27H21ClN2O3S/c28-26-14-8-7-11-21(26)19-25(20-9-3-1-4-10-20)27(31)29-22-15-17-24(18-16-22)34(32,33)30-23-12-5-2-6-13-23/h1-19,30H,(H,29,31)/b25-19+. The lowest BCUT2D eigenvalue weighted by atomic mass is 10.0. The highest BCUT2D eigenvalue weighted by molar-refractivity contribution is 7.92. The van der Waals surface area contributed by atoms with Crippen LogP contribution in [0.3, 0.4) is 0 Å². The van der Waals surface area contributed by atoms with Gasteiger partial charge in [0.15, 0.2) is 0 Å². The zero-order chi connectivity index (χ0) is 24.0. The first-order valence-corrected chi connectivity index (χ1v) is 12.3. The third-order valence-electron chi connectivity index (χ3n) is 4.98. The van der Waals surface area contributed by atoms with Crippen LogP contribution in [0.2, 0.25) is 5.02 Å². The number of hydrogen-bond donors (Lipinski definition) is 2. The molecular weight excluding hydrogens is 468 g/mol. The van der Waals surface area contributed by atoms with Gasteiger partial charge in [-0.1, -0.05) is 78.3 Å². The Kier molecular flexibility index (Phi) is 7.11. The Morgan fingerprint density at radius 1 is 0.706 bits per heavy atom. The number of carbonyl (C=O) groups excluding carboxylic acids is 1. The number of carbonyl (C=O) groups is 1. The summed E-state index contributed by atoms with van der Waals surface area (Å²) >= 11 is 6.30. The van der Waals surface area contributed by atoms with E-state index in [0.717, 1.165) is 5.56 Å². The summed E-state index contributed by atoms with van der Waals surface area (Å²) in [5, 5.41) is 3.37. The van der Waals surface area contributed by atoms with Gasteiger partial charge in [0.25, 0.3) is 15.9 Å². The minimum absolute atomic E-state index is 0.0873. The maximum absolute atomic E-state index is 13.2. The van der Waals surface area contributed by atoms with Gasteiger partial charge in [-0.15, -0.1) is 0 Å². The molecule has 0 fully saturated rings. The van der Waals surface area contributed by atoms with Crippen LogP contribution < -0.4 is 10.0 Å². The maximum Gasteiger partial charge on any atom is 0.261 e. The first-order chi connectivity index (χ1) is 16.4. The van der Waals surface area contributed by atoms with Gasteiger partial charge in [0.1, 0.15) is 0 Å². The molecule has 0 bridgehead atoms. The zero-order valence-corrected chi connectivity index (χ0v) is 19.6. The summed E-state index contributed by atoms with van der Waals surface area (Å²) in [6.07, 6.45) is 1.73. The molecule has 4 aromatic carbocycles. The Bertz CT molecular complexity index is 1420. The summed E-state index contributed by atoms with van der Waals surface area (Å²) < 4.78 is 27.8. The van der Waals surface area contributed by atoms with Gasteiger partial charge in [0.05, 0.1) is 4.90 Å². The summed E-state index contributed by atoms with van der Waals surface area (Å²) in [5.41, 5.74) is 2.80. The van der Waals surface area contributed by atoms with Crippen molar-refractivity contribution in [2.24, 2.45) is 0 Å². The molecule has 5 nitrogen and oxygen atoms in total. The second-order valence-corrected chi connectivity index (χ2v) is 9.49. The molecule has 34 heavy (non-hydrogen) atoms. The summed E-state index contributed by atoms with van der Waals surface area (Å²) in [4.78, 5) is 13.3. The third-order valence-corrected chi connectivity index (χ3v) is 6.72. The van der Waals surface area contributed by atoms with Crippen LogP contribution in [0.1, 0.15) is 11.1 Å². The average molecular weight is 489 g/mol. The van der Waals surface area contributed by atoms with E-state index in [1.165, 1.54) is 12.1 Å². The van der Waals surface area contributed by atoms with E-state index < -0.39 is 10.0 Å². The highest BCUT2D eigenvalue weighted by Gasteiger charge is 2.16. The van der Waals surface area contributed by atoms with E-state index in [1.807, 2.05) is 48.5 Å². The molecule has 0 aliphatic heterocycles. The van der Waals surface area contributed by atoms with E-state index in [0.29, 0.717) is 27.5 Å². The van der Waals surface area contributed by atoms with E-state index in [2.05, 4.69) is 10.0 Å². The van der Waals surface area contributed by atoms with Crippen LogP contribution >= 0.6 is 11.6 Å². The van der Waals surface area contributed by atoms with Crippen LogP contribution in [0.4, 0.5) is 11.4 Å². The minimum Gasteiger partial charge on any atom is -0.322 e. The maximum atomic E-state index is 13.2. The normalized spacial score (nSPS) is 11.6. The average Bonchev–Trinajstić information content (AvgIpc) is 2.85. The van der Waals surface area contributed by atoms with Crippen LogP contribution in [-0.4, -0.2) is 14.3 Å². The number of sulfonamides is 1. The van der Waals surface area contributed by atoms with Crippen LogP contribution in [0.15, 0.2) is 114 Å². The van der Waals surface area contributed by atoms with Crippen LogP contribution in [0.25, 0.3) is 11.6 Å². The molecule has 0 aliphatic rings. The van der Waals surface area contributed by atoms with Gasteiger partial charge in [0.2, 0.25) is 0 Å². The number of anilines is 2. The van der Waals surface area contributed by atoms with Gasteiger partial charge in [-0.3, -0.25) is 9.52 Å². The van der Waals surface area contributed by atoms with Crippen molar-refractivity contribution < 1.29 is 13.2 Å². The van der Waals surface area contributed by atoms with Gasteiger partial charge < -0.3 is 5.32 Å². The topological polar surface area (TPSA) is 75.3 Å². The summed E-state index contributed by atoms with van der Waals surface area (Å²) in [7, 11) is -3.75. The number of nitrogens with one attached hydrogen (secondary N) is 2. The van der Waals surface area contributed by atoms with Crippen LogP contribution in [-0.2, 0) is 14.8 Å². The Morgan fingerprint density at radius 3 is 1.94 bits per heavy atom. The molecule has 0 atom stereocenters. The second-order valence-electron chi connectivity index (χ2n) is 7.40. The fourth-order valence-corrected chi connectivity index (χ4v) is 4.53. The predicted molar refractivity (Wildman–Crippen MR) is 138 cm³/mol. The summed E-state index contributed by atoms with van der Waals surface area (Å²) in [6.45, 7) is 0. The number of hydrogen-bond acceptors (Lipinski definition) is 3. The number of para-hydroxylation sites is 1. The van der Waals surface area contributed by atoms with Gasteiger partial charge in [0, 0.05) is 22.0 Å². The molecule has 0 saturated carbocycles. The molecule has 0 saturated heterocycles. The molecule has 0 spiro atoms. The molecule has 170 valence electrons. The first kappa shape index (κ1) is 23.3. The molecule has 0 unspecified atom stereocenters. The highest BCUT2D eigenvalue weighted by atomic mass is 35.5. The highest BCUT2D eigenvalue weighted by Crippen LogP contribution is 2.25. The lowest BCUT2D eigenvalue weighted by Gasteiger charge is -2.12. The lowest BCUT2D eigenvalue weighted by molar-refractivity contribution is -0.111. The van der Waals surface area contributed by atoms with E-state index >= 15 is 0 Å². The zero-order valence-electron chi connectivity index (χ0n) is 18.0. The van der Waals surface area contributed by atoms with Crippen molar-refractivity contribution in [1.82, 2.24) is 0 Å². The van der Waals surface area contributed by atoms with Crippen molar-refractivity contribution in [3.05, 3.63) is 125 Å². The van der Waals surface area contributed by atoms with Gasteiger partial charge in [-0.2, -0.15) is 0 Å². The lowest BCUT2D eigenvalue weighted by Crippen LogP contribution is -2.15. The molecular formula is C27H21ClN2O3S. The molecule has 4 rings (SSSR count). The van der Waals surface area contributed by atoms with E-state index in [4.69, 9.17) is 11.6 Å². The molecule has 0 heterocycles. The van der Waals surface area contributed by atoms with E-state index in [1.54, 1.807) is 54.6 Å². The molecule has 0 aromatic heterocycles. The van der Waals surface area contributed by atoms with Crippen molar-refractivity contribution >= 4 is 50.6 Å². The van der Waals surface area contributed by atoms with Gasteiger partial charge >= 0.3 is 0 Å². The number of benzene rings is 4. The molecule has 0 radical (unpaired) electrons. The van der Waals surface area contributed by atoms with Gasteiger partial charge in [-0.05, 0) is 59.7 Å². The largest absolute Gasteiger partial charge is 0.322 e. The number of halogens is 1. The molecule has 0 aliphatic carbocycles. The first-order valence-electron chi connectivity index (χ1n) is 10.4. The van der Waals surface area contributed by atoms with Crippen LogP contribution in [0.5, 0.6) is 0 Å². The van der Waals surface area contributed by atoms with Crippen molar-refractivity contribution in [2.45, 2.75) is 4.90 Å². The fraction of sp³-hybridized carbons (Fsp3) is 0. The fourth-order valence-electron chi connectivity index (χ4n) is 3.28. The van der Waals surface area contributed by atoms with Crippen molar-refractivity contribution in [3.8, 4) is 0 Å². The third kappa shape index (κ3) is 5.73. The Hall–Kier alpha value is -3.87. The summed E-state index contributed by atoms with van der Waals surface area (Å²) in [5.74, 6) is -0.343. The van der Waals surface area contributed by atoms with Crippen LogP contribution in [0, 0.1) is 0 Å². The second kappa shape index (κ2) is 10.4. The molecule has 1 amide bonds. The monoisotopic (exact) mass is 488 g/mol. The van der Waals surface area contributed by atoms with Gasteiger partial charge in [-0.25, -0.2) is 8.42 Å². The molecule has 7 heteroatoms. The van der Waals surface area contributed by atoms with E-state index in [9.17, 15) is 13.2 Å². The Balaban J connectivity index is 1.57. The smallest absolute Gasteiger partial charge is 0.261 e. The summed E-state index contributed by atoms with van der Waals surface area (Å²) in [6, 6.07) is 31.1. The van der Waals surface area contributed by atoms with Crippen molar-refractivity contribution in [1.29, 1.82) is 0 Å². The molecule has 4 aromatic rings. The Labute approximate surface area is 203 Å². The SMILES string of the molecule is O=C(Nc1ccc(S(=O)(=O)Nc2ccccc2)cc1)/C(=C/c1ccccc1Cl)c1ccccc1. The molecule has 2 N–H and O–H groups in total. The number of rotatable bonds is 7. The quantitative estimate of drug-likeness (QED) is 0.236. The van der Waals surface area contributed by atoms with Crippen molar-refractivity contribution in [2.75, 3.05) is 10.0 Å². The predicted octanol–water partition coefficient (Wildman–Crippen LogP) is 6.32. The minimum atomic E-state index is -3.75. The van der Waals surface area contributed by atoms with Crippen molar-refractivity contribution in [3.63, 3.8) is 0 Å².